The highest BCUT2D eigenvalue weighted by molar-refractivity contribution is 6.30. The summed E-state index contributed by atoms with van der Waals surface area (Å²) >= 11 is 5.91. The van der Waals surface area contributed by atoms with Gasteiger partial charge in [-0.25, -0.2) is 14.5 Å². The highest BCUT2D eigenvalue weighted by Gasteiger charge is 2.07. The molecule has 0 aliphatic carbocycles. The summed E-state index contributed by atoms with van der Waals surface area (Å²) in [6.07, 6.45) is 3.61. The predicted molar refractivity (Wildman–Crippen MR) is 113 cm³/mol. The van der Waals surface area contributed by atoms with Gasteiger partial charge in [0.1, 0.15) is 5.82 Å². The van der Waals surface area contributed by atoms with E-state index in [0.717, 1.165) is 28.1 Å². The lowest BCUT2D eigenvalue weighted by Gasteiger charge is -2.09. The number of fused-ring (bicyclic) bond motifs is 1. The minimum atomic E-state index is -0.216. The van der Waals surface area contributed by atoms with E-state index in [1.165, 1.54) is 0 Å². The average Bonchev–Trinajstić information content (AvgIpc) is 3.32. The SMILES string of the molecule is Cc1nc2ccccc2n1CCNC(=O)NCc1cnn(-c2ccc(Cl)cc2)c1. The smallest absolute Gasteiger partial charge is 0.315 e. The van der Waals surface area contributed by atoms with Crippen molar-refractivity contribution >= 4 is 28.7 Å². The van der Waals surface area contributed by atoms with Crippen LogP contribution in [0, 0.1) is 6.92 Å². The summed E-state index contributed by atoms with van der Waals surface area (Å²) in [6, 6.07) is 15.2. The fourth-order valence-corrected chi connectivity index (χ4v) is 3.32. The van der Waals surface area contributed by atoms with Crippen LogP contribution in [0.5, 0.6) is 0 Å². The molecule has 4 aromatic rings. The molecule has 0 radical (unpaired) electrons. The molecule has 8 heteroatoms. The molecule has 2 aromatic carbocycles. The third-order valence-corrected chi connectivity index (χ3v) is 4.90. The zero-order chi connectivity index (χ0) is 20.2. The highest BCUT2D eigenvalue weighted by atomic mass is 35.5. The van der Waals surface area contributed by atoms with Crippen LogP contribution in [0.3, 0.4) is 0 Å². The van der Waals surface area contributed by atoms with Crippen LogP contribution in [0.1, 0.15) is 11.4 Å². The van der Waals surface area contributed by atoms with Gasteiger partial charge in [-0.3, -0.25) is 0 Å². The first-order valence-corrected chi connectivity index (χ1v) is 9.71. The van der Waals surface area contributed by atoms with Crippen molar-refractivity contribution in [1.29, 1.82) is 0 Å². The number of rotatable bonds is 6. The van der Waals surface area contributed by atoms with Crippen LogP contribution in [0.2, 0.25) is 5.02 Å². The Bertz CT molecular complexity index is 1130. The van der Waals surface area contributed by atoms with Crippen molar-refractivity contribution in [2.45, 2.75) is 20.0 Å². The van der Waals surface area contributed by atoms with Gasteiger partial charge in [0.05, 0.1) is 22.9 Å². The van der Waals surface area contributed by atoms with Gasteiger partial charge in [-0.2, -0.15) is 5.10 Å². The molecule has 0 fully saturated rings. The molecule has 4 rings (SSSR count). The number of aryl methyl sites for hydroxylation is 1. The summed E-state index contributed by atoms with van der Waals surface area (Å²) in [4.78, 5) is 16.7. The minimum Gasteiger partial charge on any atom is -0.336 e. The molecule has 0 bridgehead atoms. The Balaban J connectivity index is 1.27. The molecule has 2 aromatic heterocycles. The summed E-state index contributed by atoms with van der Waals surface area (Å²) in [5, 5.41) is 10.7. The molecule has 2 N–H and O–H groups in total. The number of nitrogens with one attached hydrogen (secondary N) is 2. The summed E-state index contributed by atoms with van der Waals surface area (Å²) in [7, 11) is 0. The summed E-state index contributed by atoms with van der Waals surface area (Å²) in [6.45, 7) is 3.54. The second-order valence-electron chi connectivity index (χ2n) is 6.68. The zero-order valence-electron chi connectivity index (χ0n) is 16.0. The van der Waals surface area contributed by atoms with E-state index < -0.39 is 0 Å². The van der Waals surface area contributed by atoms with E-state index >= 15 is 0 Å². The number of nitrogens with zero attached hydrogens (tertiary/aromatic N) is 4. The number of amides is 2. The normalized spacial score (nSPS) is 11.0. The predicted octanol–water partition coefficient (Wildman–Crippen LogP) is 3.68. The first kappa shape index (κ1) is 19.0. The Hall–Kier alpha value is -3.32. The summed E-state index contributed by atoms with van der Waals surface area (Å²) in [5.41, 5.74) is 3.86. The van der Waals surface area contributed by atoms with Crippen LogP contribution in [0.15, 0.2) is 60.9 Å². The lowest BCUT2D eigenvalue weighted by atomic mass is 10.3. The molecule has 0 aliphatic heterocycles. The van der Waals surface area contributed by atoms with Crippen LogP contribution in [0.25, 0.3) is 16.7 Å². The van der Waals surface area contributed by atoms with Crippen molar-refractivity contribution in [3.8, 4) is 5.69 Å². The Kier molecular flexibility index (Phi) is 5.48. The maximum atomic E-state index is 12.1. The van der Waals surface area contributed by atoms with E-state index in [1.807, 2.05) is 61.7 Å². The Morgan fingerprint density at radius 3 is 2.72 bits per heavy atom. The average molecular weight is 409 g/mol. The largest absolute Gasteiger partial charge is 0.336 e. The van der Waals surface area contributed by atoms with E-state index in [-0.39, 0.29) is 6.03 Å². The minimum absolute atomic E-state index is 0.216. The van der Waals surface area contributed by atoms with Gasteiger partial charge in [0, 0.05) is 36.4 Å². The van der Waals surface area contributed by atoms with Crippen molar-refractivity contribution < 1.29 is 4.79 Å². The molecule has 0 saturated heterocycles. The number of para-hydroxylation sites is 2. The molecule has 0 unspecified atom stereocenters. The second-order valence-corrected chi connectivity index (χ2v) is 7.11. The first-order valence-electron chi connectivity index (χ1n) is 9.33. The standard InChI is InChI=1S/C21H21ClN6O/c1-15-26-19-4-2-3-5-20(19)27(15)11-10-23-21(29)24-12-16-13-25-28(14-16)18-8-6-17(22)7-9-18/h2-9,13-14H,10-12H2,1H3,(H2,23,24,29). The number of carbonyl (C=O) groups is 1. The molecule has 2 amide bonds. The van der Waals surface area contributed by atoms with E-state index in [4.69, 9.17) is 11.6 Å². The van der Waals surface area contributed by atoms with Gasteiger partial charge >= 0.3 is 6.03 Å². The van der Waals surface area contributed by atoms with Crippen molar-refractivity contribution in [1.82, 2.24) is 30.0 Å². The molecule has 0 atom stereocenters. The Labute approximate surface area is 173 Å². The quantitative estimate of drug-likeness (QED) is 0.511. The number of imidazole rings is 1. The van der Waals surface area contributed by atoms with Crippen molar-refractivity contribution in [2.75, 3.05) is 6.54 Å². The fraction of sp³-hybridized carbons (Fsp3) is 0.190. The van der Waals surface area contributed by atoms with E-state index in [1.54, 1.807) is 10.9 Å². The molecule has 0 saturated carbocycles. The molecule has 0 spiro atoms. The monoisotopic (exact) mass is 408 g/mol. The van der Waals surface area contributed by atoms with Gasteiger partial charge in [0.15, 0.2) is 0 Å². The summed E-state index contributed by atoms with van der Waals surface area (Å²) < 4.78 is 3.85. The number of benzene rings is 2. The highest BCUT2D eigenvalue weighted by Crippen LogP contribution is 2.15. The number of carbonyl (C=O) groups excluding carboxylic acids is 1. The van der Waals surface area contributed by atoms with Crippen LogP contribution < -0.4 is 10.6 Å². The molecule has 0 aliphatic rings. The van der Waals surface area contributed by atoms with Crippen LogP contribution >= 0.6 is 11.6 Å². The number of hydrogen-bond acceptors (Lipinski definition) is 3. The number of hydrogen-bond donors (Lipinski definition) is 2. The van der Waals surface area contributed by atoms with Gasteiger partial charge in [0.2, 0.25) is 0 Å². The number of aromatic nitrogens is 4. The second kappa shape index (κ2) is 8.36. The maximum absolute atomic E-state index is 12.1. The van der Waals surface area contributed by atoms with Gasteiger partial charge in [0.25, 0.3) is 0 Å². The molecule has 148 valence electrons. The van der Waals surface area contributed by atoms with Gasteiger partial charge in [-0.05, 0) is 43.3 Å². The van der Waals surface area contributed by atoms with E-state index in [0.29, 0.717) is 24.7 Å². The Morgan fingerprint density at radius 2 is 1.90 bits per heavy atom. The first-order chi connectivity index (χ1) is 14.1. The fourth-order valence-electron chi connectivity index (χ4n) is 3.19. The van der Waals surface area contributed by atoms with Crippen molar-refractivity contribution in [3.05, 3.63) is 77.3 Å². The lowest BCUT2D eigenvalue weighted by Crippen LogP contribution is -2.36. The van der Waals surface area contributed by atoms with Gasteiger partial charge in [-0.1, -0.05) is 23.7 Å². The van der Waals surface area contributed by atoms with Crippen LogP contribution in [0.4, 0.5) is 4.79 Å². The van der Waals surface area contributed by atoms with Crippen LogP contribution in [-0.2, 0) is 13.1 Å². The van der Waals surface area contributed by atoms with E-state index in [2.05, 4.69) is 25.3 Å². The van der Waals surface area contributed by atoms with E-state index in [9.17, 15) is 4.79 Å². The topological polar surface area (TPSA) is 76.8 Å². The molecule has 29 heavy (non-hydrogen) atoms. The lowest BCUT2D eigenvalue weighted by molar-refractivity contribution is 0.240. The number of halogens is 1. The van der Waals surface area contributed by atoms with Crippen LogP contribution in [-0.4, -0.2) is 31.9 Å². The third kappa shape index (κ3) is 4.41. The maximum Gasteiger partial charge on any atom is 0.315 e. The van der Waals surface area contributed by atoms with Gasteiger partial charge in [-0.15, -0.1) is 0 Å². The zero-order valence-corrected chi connectivity index (χ0v) is 16.7. The van der Waals surface area contributed by atoms with Gasteiger partial charge < -0.3 is 15.2 Å². The summed E-state index contributed by atoms with van der Waals surface area (Å²) in [5.74, 6) is 0.933. The van der Waals surface area contributed by atoms with Crippen molar-refractivity contribution in [2.24, 2.45) is 0 Å². The Morgan fingerprint density at radius 1 is 1.10 bits per heavy atom. The molecule has 7 nitrogen and oxygen atoms in total. The molecular formula is C21H21ClN6O. The molecular weight excluding hydrogens is 388 g/mol. The number of urea groups is 1. The van der Waals surface area contributed by atoms with Crippen molar-refractivity contribution in [3.63, 3.8) is 0 Å². The molecule has 2 heterocycles. The third-order valence-electron chi connectivity index (χ3n) is 4.65.